The second-order valence-corrected chi connectivity index (χ2v) is 11.3. The lowest BCUT2D eigenvalue weighted by atomic mass is 9.95. The van der Waals surface area contributed by atoms with Gasteiger partial charge in [0.05, 0.1) is 11.3 Å². The predicted molar refractivity (Wildman–Crippen MR) is 154 cm³/mol. The third-order valence-corrected chi connectivity index (χ3v) is 8.87. The monoisotopic (exact) mass is 545 g/mol. The van der Waals surface area contributed by atoms with Gasteiger partial charge in [0.15, 0.2) is 11.0 Å². The summed E-state index contributed by atoms with van der Waals surface area (Å²) >= 11 is 2.90. The molecule has 0 atom stereocenters. The molecule has 0 aliphatic heterocycles. The lowest BCUT2D eigenvalue weighted by molar-refractivity contribution is -0.113. The number of benzene rings is 2. The second-order valence-electron chi connectivity index (χ2n) is 9.29. The summed E-state index contributed by atoms with van der Waals surface area (Å²) in [6.07, 6.45) is 3.98. The molecule has 7 nitrogen and oxygen atoms in total. The van der Waals surface area contributed by atoms with Gasteiger partial charge < -0.3 is 15.2 Å². The molecule has 0 saturated carbocycles. The first-order valence-corrected chi connectivity index (χ1v) is 14.7. The number of nitrogens with zero attached hydrogens (tertiary/aromatic N) is 3. The molecule has 2 N–H and O–H groups in total. The van der Waals surface area contributed by atoms with Crippen molar-refractivity contribution in [3.8, 4) is 11.4 Å². The molecule has 0 saturated heterocycles. The van der Waals surface area contributed by atoms with Crippen molar-refractivity contribution in [2.24, 2.45) is 0 Å². The van der Waals surface area contributed by atoms with Crippen molar-refractivity contribution in [2.45, 2.75) is 57.8 Å². The van der Waals surface area contributed by atoms with E-state index in [0.29, 0.717) is 28.8 Å². The van der Waals surface area contributed by atoms with E-state index in [4.69, 9.17) is 0 Å². The van der Waals surface area contributed by atoms with Gasteiger partial charge in [0.25, 0.3) is 5.91 Å². The molecule has 2 heterocycles. The zero-order valence-corrected chi connectivity index (χ0v) is 23.3. The summed E-state index contributed by atoms with van der Waals surface area (Å²) in [6.45, 7) is 5.25. The van der Waals surface area contributed by atoms with Crippen molar-refractivity contribution in [1.82, 2.24) is 20.1 Å². The van der Waals surface area contributed by atoms with E-state index < -0.39 is 0 Å². The van der Waals surface area contributed by atoms with E-state index >= 15 is 0 Å². The number of carbonyl (C=O) groups is 2. The van der Waals surface area contributed by atoms with Gasteiger partial charge in [-0.25, -0.2) is 0 Å². The van der Waals surface area contributed by atoms with Crippen molar-refractivity contribution in [1.29, 1.82) is 0 Å². The molecule has 38 heavy (non-hydrogen) atoms. The minimum absolute atomic E-state index is 0.134. The number of amides is 2. The molecule has 5 rings (SSSR count). The molecule has 0 unspecified atom stereocenters. The highest BCUT2D eigenvalue weighted by Gasteiger charge is 2.26. The molecule has 1 aliphatic rings. The number of rotatable bonds is 9. The SMILES string of the molecule is CCn1c(SCC(=O)Nc2sc3c(c2C(=O)NCc2ccccc2)CCCC3)nnc1-c1ccccc1C. The molecule has 0 bridgehead atoms. The summed E-state index contributed by atoms with van der Waals surface area (Å²) in [5.74, 6) is 0.690. The van der Waals surface area contributed by atoms with Crippen molar-refractivity contribution >= 4 is 39.9 Å². The number of hydrogen-bond acceptors (Lipinski definition) is 6. The third-order valence-electron chi connectivity index (χ3n) is 6.70. The Kier molecular flexibility index (Phi) is 8.24. The summed E-state index contributed by atoms with van der Waals surface area (Å²) in [6, 6.07) is 17.9. The summed E-state index contributed by atoms with van der Waals surface area (Å²) in [5, 5.41) is 16.2. The van der Waals surface area contributed by atoms with Crippen LogP contribution in [-0.4, -0.2) is 32.3 Å². The van der Waals surface area contributed by atoms with E-state index in [2.05, 4.69) is 33.8 Å². The van der Waals surface area contributed by atoms with Crippen molar-refractivity contribution in [2.75, 3.05) is 11.1 Å². The van der Waals surface area contributed by atoms with Gasteiger partial charge in [-0.2, -0.15) is 0 Å². The van der Waals surface area contributed by atoms with Crippen LogP contribution in [0.25, 0.3) is 11.4 Å². The molecular formula is C29H31N5O2S2. The topological polar surface area (TPSA) is 88.9 Å². The summed E-state index contributed by atoms with van der Waals surface area (Å²) in [7, 11) is 0. The van der Waals surface area contributed by atoms with Crippen LogP contribution in [0.5, 0.6) is 0 Å². The van der Waals surface area contributed by atoms with Crippen molar-refractivity contribution in [3.05, 3.63) is 81.7 Å². The second kappa shape index (κ2) is 12.0. The fraction of sp³-hybridized carbons (Fsp3) is 0.310. The fourth-order valence-corrected chi connectivity index (χ4v) is 6.86. The van der Waals surface area contributed by atoms with Gasteiger partial charge in [-0.1, -0.05) is 66.4 Å². The first-order valence-electron chi connectivity index (χ1n) is 12.9. The van der Waals surface area contributed by atoms with E-state index in [1.165, 1.54) is 28.0 Å². The molecule has 0 spiro atoms. The molecule has 196 valence electrons. The highest BCUT2D eigenvalue weighted by Crippen LogP contribution is 2.38. The van der Waals surface area contributed by atoms with Crippen LogP contribution in [0.2, 0.25) is 0 Å². The van der Waals surface area contributed by atoms with E-state index in [9.17, 15) is 9.59 Å². The maximum absolute atomic E-state index is 13.3. The average Bonchev–Trinajstić information content (AvgIpc) is 3.52. The smallest absolute Gasteiger partial charge is 0.254 e. The number of thioether (sulfide) groups is 1. The van der Waals surface area contributed by atoms with Gasteiger partial charge in [0.2, 0.25) is 5.91 Å². The number of fused-ring (bicyclic) bond motifs is 1. The minimum Gasteiger partial charge on any atom is -0.348 e. The van der Waals surface area contributed by atoms with Crippen LogP contribution in [0.4, 0.5) is 5.00 Å². The van der Waals surface area contributed by atoms with Gasteiger partial charge in [-0.3, -0.25) is 9.59 Å². The average molecular weight is 546 g/mol. The van der Waals surface area contributed by atoms with Crippen LogP contribution in [0, 0.1) is 6.92 Å². The van der Waals surface area contributed by atoms with Crippen LogP contribution in [0.3, 0.4) is 0 Å². The fourth-order valence-electron chi connectivity index (χ4n) is 4.76. The van der Waals surface area contributed by atoms with E-state index in [1.807, 2.05) is 60.0 Å². The van der Waals surface area contributed by atoms with Crippen LogP contribution < -0.4 is 10.6 Å². The van der Waals surface area contributed by atoms with Crippen molar-refractivity contribution in [3.63, 3.8) is 0 Å². The van der Waals surface area contributed by atoms with Crippen LogP contribution >= 0.6 is 23.1 Å². The number of thiophene rings is 1. The van der Waals surface area contributed by atoms with Crippen molar-refractivity contribution < 1.29 is 9.59 Å². The molecule has 1 aliphatic carbocycles. The molecular weight excluding hydrogens is 514 g/mol. The zero-order chi connectivity index (χ0) is 26.5. The number of anilines is 1. The molecule has 4 aromatic rings. The first-order chi connectivity index (χ1) is 18.5. The Balaban J connectivity index is 1.29. The minimum atomic E-state index is -0.159. The molecule has 2 aromatic carbocycles. The first kappa shape index (κ1) is 26.2. The lowest BCUT2D eigenvalue weighted by Gasteiger charge is -2.13. The van der Waals surface area contributed by atoms with Crippen LogP contribution in [0.15, 0.2) is 59.8 Å². The maximum atomic E-state index is 13.3. The summed E-state index contributed by atoms with van der Waals surface area (Å²) in [5.41, 5.74) is 4.91. The summed E-state index contributed by atoms with van der Waals surface area (Å²) in [4.78, 5) is 27.6. The Hall–Kier alpha value is -3.43. The molecule has 9 heteroatoms. The molecule has 0 fully saturated rings. The van der Waals surface area contributed by atoms with Gasteiger partial charge in [0.1, 0.15) is 5.00 Å². The number of hydrogen-bond donors (Lipinski definition) is 2. The third kappa shape index (κ3) is 5.68. The van der Waals surface area contributed by atoms with E-state index in [0.717, 1.165) is 53.8 Å². The maximum Gasteiger partial charge on any atom is 0.254 e. The standard InChI is InChI=1S/C29H31N5O2S2/c1-3-34-26(21-14-8-7-11-19(21)2)32-33-29(34)37-18-24(35)31-28-25(22-15-9-10-16-23(22)38-28)27(36)30-17-20-12-5-4-6-13-20/h4-8,11-14H,3,9-10,15-18H2,1-2H3,(H,30,36)(H,31,35). The Morgan fingerprint density at radius 3 is 2.58 bits per heavy atom. The highest BCUT2D eigenvalue weighted by molar-refractivity contribution is 7.99. The molecule has 2 aromatic heterocycles. The predicted octanol–water partition coefficient (Wildman–Crippen LogP) is 5.87. The Bertz CT molecular complexity index is 1440. The van der Waals surface area contributed by atoms with Crippen LogP contribution in [0.1, 0.15) is 51.7 Å². The largest absolute Gasteiger partial charge is 0.348 e. The van der Waals surface area contributed by atoms with Gasteiger partial charge >= 0.3 is 0 Å². The number of nitrogens with one attached hydrogen (secondary N) is 2. The molecule has 0 radical (unpaired) electrons. The quantitative estimate of drug-likeness (QED) is 0.257. The normalized spacial score (nSPS) is 12.7. The summed E-state index contributed by atoms with van der Waals surface area (Å²) < 4.78 is 2.03. The Morgan fingerprint density at radius 1 is 1.03 bits per heavy atom. The van der Waals surface area contributed by atoms with E-state index in [-0.39, 0.29) is 17.6 Å². The van der Waals surface area contributed by atoms with Gasteiger partial charge in [0, 0.05) is 23.5 Å². The van der Waals surface area contributed by atoms with Gasteiger partial charge in [-0.15, -0.1) is 21.5 Å². The Labute approximate surface area is 231 Å². The zero-order valence-electron chi connectivity index (χ0n) is 21.6. The van der Waals surface area contributed by atoms with E-state index in [1.54, 1.807) is 0 Å². The number of aromatic nitrogens is 3. The number of aryl methyl sites for hydroxylation is 2. The number of carbonyl (C=O) groups excluding carboxylic acids is 2. The highest BCUT2D eigenvalue weighted by atomic mass is 32.2. The molecule has 2 amide bonds. The lowest BCUT2D eigenvalue weighted by Crippen LogP contribution is -2.25. The van der Waals surface area contributed by atoms with Gasteiger partial charge in [-0.05, 0) is 56.2 Å². The Morgan fingerprint density at radius 2 is 1.79 bits per heavy atom. The van der Waals surface area contributed by atoms with Crippen LogP contribution in [-0.2, 0) is 30.7 Å².